The molecule has 0 bridgehead atoms. The number of benzene rings is 3. The van der Waals surface area contributed by atoms with Crippen LogP contribution in [0.15, 0.2) is 96.2 Å². The summed E-state index contributed by atoms with van der Waals surface area (Å²) in [6, 6.07) is 25.9. The molecule has 0 spiro atoms. The van der Waals surface area contributed by atoms with Gasteiger partial charge in [-0.3, -0.25) is 4.79 Å². The molecule has 1 fully saturated rings. The fraction of sp³-hybridized carbons (Fsp3) is 0.297. The van der Waals surface area contributed by atoms with Crippen molar-refractivity contribution in [2.75, 3.05) is 18.9 Å². The molecule has 3 aromatic carbocycles. The Morgan fingerprint density at radius 3 is 2.37 bits per heavy atom. The molecule has 2 heterocycles. The zero-order valence-electron chi connectivity index (χ0n) is 27.2. The molecule has 11 nitrogen and oxygen atoms in total. The molecule has 0 unspecified atom stereocenters. The molecule has 2 amide bonds. The van der Waals surface area contributed by atoms with Crippen LogP contribution < -0.4 is 10.6 Å². The number of carbonyl (C=O) groups excluding carboxylic acids is 2. The minimum absolute atomic E-state index is 0.0590. The number of urea groups is 1. The SMILES string of the molecule is CCOC(=O)CNC(=O)NCc1ccccc1-c1ccc([C@@H]2O[C@H](CSc3ncccc3C(=O)O)[C@H](C)[C@H](c3ccc(CO)cc3)O2)cc1. The number of nitrogens with zero attached hydrogens (tertiary/aromatic N) is 1. The summed E-state index contributed by atoms with van der Waals surface area (Å²) in [7, 11) is 0. The van der Waals surface area contributed by atoms with Gasteiger partial charge in [0.25, 0.3) is 0 Å². The molecule has 1 aliphatic heterocycles. The van der Waals surface area contributed by atoms with E-state index in [2.05, 4.69) is 15.6 Å². The summed E-state index contributed by atoms with van der Waals surface area (Å²) in [6.07, 6.45) is 0.229. The minimum Gasteiger partial charge on any atom is -0.478 e. The maximum Gasteiger partial charge on any atom is 0.338 e. The van der Waals surface area contributed by atoms with Crippen LogP contribution in [0.4, 0.5) is 4.79 Å². The Balaban J connectivity index is 1.33. The molecule has 1 aromatic heterocycles. The quantitative estimate of drug-likeness (QED) is 0.0990. The lowest BCUT2D eigenvalue weighted by atomic mass is 9.91. The van der Waals surface area contributed by atoms with Crippen molar-refractivity contribution in [3.8, 4) is 11.1 Å². The summed E-state index contributed by atoms with van der Waals surface area (Å²) in [5.74, 6) is -1.18. The molecule has 5 rings (SSSR count). The van der Waals surface area contributed by atoms with E-state index in [0.29, 0.717) is 10.8 Å². The highest BCUT2D eigenvalue weighted by atomic mass is 32.2. The van der Waals surface area contributed by atoms with Crippen molar-refractivity contribution in [2.24, 2.45) is 5.92 Å². The fourth-order valence-electron chi connectivity index (χ4n) is 5.52. The van der Waals surface area contributed by atoms with Crippen LogP contribution in [0.5, 0.6) is 0 Å². The van der Waals surface area contributed by atoms with E-state index >= 15 is 0 Å². The van der Waals surface area contributed by atoms with E-state index in [1.807, 2.05) is 79.7 Å². The zero-order chi connectivity index (χ0) is 34.8. The van der Waals surface area contributed by atoms with Crippen molar-refractivity contribution in [3.63, 3.8) is 0 Å². The van der Waals surface area contributed by atoms with E-state index in [-0.39, 0.29) is 50.0 Å². The van der Waals surface area contributed by atoms with Gasteiger partial charge in [-0.2, -0.15) is 0 Å². The number of rotatable bonds is 13. The maximum absolute atomic E-state index is 12.3. The van der Waals surface area contributed by atoms with E-state index in [1.54, 1.807) is 19.2 Å². The lowest BCUT2D eigenvalue weighted by Crippen LogP contribution is -2.38. The van der Waals surface area contributed by atoms with Gasteiger partial charge in [-0.05, 0) is 46.9 Å². The molecular weight excluding hydrogens is 646 g/mol. The summed E-state index contributed by atoms with van der Waals surface area (Å²) >= 11 is 1.34. The maximum atomic E-state index is 12.3. The number of hydrogen-bond acceptors (Lipinski definition) is 9. The number of nitrogens with one attached hydrogen (secondary N) is 2. The first-order valence-electron chi connectivity index (χ1n) is 15.9. The first-order chi connectivity index (χ1) is 23.8. The minimum atomic E-state index is -1.04. The first-order valence-corrected chi connectivity index (χ1v) is 16.9. The summed E-state index contributed by atoms with van der Waals surface area (Å²) in [5.41, 5.74) is 5.44. The number of aliphatic hydroxyl groups is 1. The van der Waals surface area contributed by atoms with Crippen LogP contribution in [0.3, 0.4) is 0 Å². The summed E-state index contributed by atoms with van der Waals surface area (Å²) in [6.45, 7) is 3.97. The third-order valence-corrected chi connectivity index (χ3v) is 9.25. The Morgan fingerprint density at radius 2 is 1.65 bits per heavy atom. The van der Waals surface area contributed by atoms with E-state index in [4.69, 9.17) is 14.2 Å². The third kappa shape index (κ3) is 9.24. The lowest BCUT2D eigenvalue weighted by Gasteiger charge is -2.41. The molecular formula is C37H39N3O8S. The van der Waals surface area contributed by atoms with Crippen LogP contribution in [0.1, 0.15) is 58.9 Å². The van der Waals surface area contributed by atoms with Crippen molar-refractivity contribution in [1.29, 1.82) is 0 Å². The van der Waals surface area contributed by atoms with Gasteiger partial charge < -0.3 is 35.1 Å². The van der Waals surface area contributed by atoms with Gasteiger partial charge in [0.2, 0.25) is 0 Å². The monoisotopic (exact) mass is 685 g/mol. The second-order valence-corrected chi connectivity index (χ2v) is 12.4. The molecule has 256 valence electrons. The van der Waals surface area contributed by atoms with Gasteiger partial charge in [0.15, 0.2) is 6.29 Å². The number of thioether (sulfide) groups is 1. The molecule has 0 saturated carbocycles. The predicted octanol–water partition coefficient (Wildman–Crippen LogP) is 5.89. The van der Waals surface area contributed by atoms with Crippen LogP contribution in [0, 0.1) is 5.92 Å². The molecule has 4 aromatic rings. The Hall–Kier alpha value is -4.75. The number of pyridine rings is 1. The van der Waals surface area contributed by atoms with Crippen LogP contribution >= 0.6 is 11.8 Å². The van der Waals surface area contributed by atoms with Gasteiger partial charge in [0.05, 0.1) is 31.0 Å². The zero-order valence-corrected chi connectivity index (χ0v) is 28.0. The number of amides is 2. The lowest BCUT2D eigenvalue weighted by molar-refractivity contribution is -0.268. The van der Waals surface area contributed by atoms with Crippen LogP contribution in [-0.4, -0.2) is 58.2 Å². The molecule has 4 N–H and O–H groups in total. The Kier molecular flexibility index (Phi) is 12.4. The highest BCUT2D eigenvalue weighted by Crippen LogP contribution is 2.43. The number of hydrogen-bond donors (Lipinski definition) is 4. The number of aromatic carboxylic acids is 1. The number of aromatic nitrogens is 1. The number of carboxylic acid groups (broad SMARTS) is 1. The van der Waals surface area contributed by atoms with Gasteiger partial charge in [-0.1, -0.05) is 79.7 Å². The van der Waals surface area contributed by atoms with Gasteiger partial charge in [0.1, 0.15) is 11.6 Å². The van der Waals surface area contributed by atoms with Crippen molar-refractivity contribution in [1.82, 2.24) is 15.6 Å². The van der Waals surface area contributed by atoms with E-state index in [9.17, 15) is 24.6 Å². The van der Waals surface area contributed by atoms with Gasteiger partial charge >= 0.3 is 18.0 Å². The Labute approximate surface area is 289 Å². The van der Waals surface area contributed by atoms with Crippen molar-refractivity contribution < 1.29 is 38.8 Å². The summed E-state index contributed by atoms with van der Waals surface area (Å²) in [4.78, 5) is 39.9. The van der Waals surface area contributed by atoms with Gasteiger partial charge in [0, 0.05) is 30.0 Å². The number of esters is 1. The number of carbonyl (C=O) groups is 3. The van der Waals surface area contributed by atoms with E-state index in [0.717, 1.165) is 33.4 Å². The fourth-order valence-corrected chi connectivity index (χ4v) is 6.67. The predicted molar refractivity (Wildman–Crippen MR) is 184 cm³/mol. The van der Waals surface area contributed by atoms with Crippen LogP contribution in [0.25, 0.3) is 11.1 Å². The van der Waals surface area contributed by atoms with Gasteiger partial charge in [-0.25, -0.2) is 14.6 Å². The summed E-state index contributed by atoms with van der Waals surface area (Å²) < 4.78 is 18.0. The average Bonchev–Trinajstić information content (AvgIpc) is 3.13. The number of ether oxygens (including phenoxy) is 3. The second kappa shape index (κ2) is 17.1. The smallest absolute Gasteiger partial charge is 0.338 e. The van der Waals surface area contributed by atoms with Crippen LogP contribution in [-0.2, 0) is 32.2 Å². The Bertz CT molecular complexity index is 1730. The average molecular weight is 686 g/mol. The molecule has 12 heteroatoms. The highest BCUT2D eigenvalue weighted by molar-refractivity contribution is 7.99. The number of carboxylic acids is 1. The number of aliphatic hydroxyl groups excluding tert-OH is 1. The second-order valence-electron chi connectivity index (χ2n) is 11.4. The van der Waals surface area contributed by atoms with Crippen molar-refractivity contribution in [3.05, 3.63) is 119 Å². The summed E-state index contributed by atoms with van der Waals surface area (Å²) in [5, 5.41) is 24.9. The van der Waals surface area contributed by atoms with E-state index in [1.165, 1.54) is 17.8 Å². The molecule has 4 atom stereocenters. The molecule has 0 aliphatic carbocycles. The molecule has 49 heavy (non-hydrogen) atoms. The standard InChI is InChI=1S/C37H39N3O8S/c1-3-46-32(42)20-40-37(45)39-19-28-7-4-5-8-29(28)25-14-16-27(17-15-25)36-47-31(22-49-34-30(35(43)44)9-6-18-38-34)23(2)33(48-36)26-12-10-24(21-41)11-13-26/h4-18,23,31,33,36,41H,3,19-22H2,1-2H3,(H,43,44)(H2,39,40,45)/t23-,31+,33+,36+/m0/s1. The third-order valence-electron chi connectivity index (χ3n) is 8.16. The van der Waals surface area contributed by atoms with Gasteiger partial charge in [-0.15, -0.1) is 11.8 Å². The first kappa shape index (κ1) is 35.6. The topological polar surface area (TPSA) is 156 Å². The molecule has 1 saturated heterocycles. The Morgan fingerprint density at radius 1 is 0.918 bits per heavy atom. The van der Waals surface area contributed by atoms with Crippen LogP contribution in [0.2, 0.25) is 0 Å². The highest BCUT2D eigenvalue weighted by Gasteiger charge is 2.38. The molecule has 1 aliphatic rings. The van der Waals surface area contributed by atoms with Crippen molar-refractivity contribution >= 4 is 29.7 Å². The largest absolute Gasteiger partial charge is 0.478 e. The van der Waals surface area contributed by atoms with E-state index < -0.39 is 24.3 Å². The molecule has 0 radical (unpaired) electrons. The van der Waals surface area contributed by atoms with Crippen molar-refractivity contribution in [2.45, 2.75) is 50.5 Å². The normalized spacial score (nSPS) is 18.8.